The summed E-state index contributed by atoms with van der Waals surface area (Å²) in [6.45, 7) is 1.73. The molecule has 5 N–H and O–H groups in total. The van der Waals surface area contributed by atoms with Gasteiger partial charge in [0.25, 0.3) is 0 Å². The van der Waals surface area contributed by atoms with Gasteiger partial charge >= 0.3 is 13.1 Å². The van der Waals surface area contributed by atoms with E-state index in [0.29, 0.717) is 25.3 Å². The van der Waals surface area contributed by atoms with Crippen LogP contribution in [0.5, 0.6) is 0 Å². The van der Waals surface area contributed by atoms with Gasteiger partial charge in [0, 0.05) is 10.5 Å². The third-order valence-corrected chi connectivity index (χ3v) is 7.56. The van der Waals surface area contributed by atoms with Crippen molar-refractivity contribution < 1.29 is 19.9 Å². The highest BCUT2D eigenvalue weighted by Crippen LogP contribution is 2.40. The molecular formula is C21H32BBrN2O4. The van der Waals surface area contributed by atoms with Crippen molar-refractivity contribution in [2.75, 3.05) is 13.1 Å². The Labute approximate surface area is 181 Å². The van der Waals surface area contributed by atoms with E-state index in [0.717, 1.165) is 38.8 Å². The van der Waals surface area contributed by atoms with Gasteiger partial charge in [0.1, 0.15) is 5.54 Å². The van der Waals surface area contributed by atoms with E-state index >= 15 is 0 Å². The summed E-state index contributed by atoms with van der Waals surface area (Å²) in [7, 11) is -1.34. The maximum absolute atomic E-state index is 12.0. The predicted molar refractivity (Wildman–Crippen MR) is 118 cm³/mol. The summed E-state index contributed by atoms with van der Waals surface area (Å²) in [6.07, 6.45) is 6.77. The fourth-order valence-electron chi connectivity index (χ4n) is 5.11. The number of likely N-dealkylation sites (tertiary alicyclic amines) is 1. The smallest absolute Gasteiger partial charge is 0.451 e. The number of aliphatic carboxylic acids is 1. The van der Waals surface area contributed by atoms with Gasteiger partial charge in [-0.25, -0.2) is 0 Å². The molecule has 2 unspecified atom stereocenters. The van der Waals surface area contributed by atoms with Crippen molar-refractivity contribution in [3.8, 4) is 0 Å². The Balaban J connectivity index is 1.62. The molecule has 0 amide bonds. The number of carboxylic acids is 1. The van der Waals surface area contributed by atoms with Crippen LogP contribution in [-0.4, -0.2) is 51.8 Å². The summed E-state index contributed by atoms with van der Waals surface area (Å²) >= 11 is 3.69. The van der Waals surface area contributed by atoms with Crippen LogP contribution in [0.15, 0.2) is 22.7 Å². The lowest BCUT2D eigenvalue weighted by molar-refractivity contribution is -0.147. The number of hydrogen-bond acceptors (Lipinski definition) is 5. The fraction of sp³-hybridized carbons (Fsp3) is 0.667. The molecule has 2 atom stereocenters. The molecule has 29 heavy (non-hydrogen) atoms. The molecule has 3 rings (SSSR count). The molecule has 2 aliphatic rings. The summed E-state index contributed by atoms with van der Waals surface area (Å²) in [5.41, 5.74) is 7.99. The lowest BCUT2D eigenvalue weighted by Crippen LogP contribution is -2.57. The number of rotatable bonds is 8. The van der Waals surface area contributed by atoms with Gasteiger partial charge in [0.05, 0.1) is 0 Å². The zero-order valence-electron chi connectivity index (χ0n) is 16.9. The molecule has 8 heteroatoms. The number of piperidine rings is 1. The standard InChI is InChI=1S/C21H32BBrN2O4/c23-18-7-3-6-17-16(18)5-4-8-19(17)25-13-9-15(10-14-25)21(24,20(26)27)11-1-2-12-22(28)29/h3,6-7,15,19,28-29H,1-2,4-5,8-14,24H2,(H,26,27). The molecule has 1 aromatic rings. The Bertz CT molecular complexity index is 712. The minimum absolute atomic E-state index is 0.0547. The first-order valence-corrected chi connectivity index (χ1v) is 11.5. The van der Waals surface area contributed by atoms with Crippen LogP contribution in [0.3, 0.4) is 0 Å². The van der Waals surface area contributed by atoms with Gasteiger partial charge in [-0.05, 0) is 81.0 Å². The summed E-state index contributed by atoms with van der Waals surface area (Å²) in [6, 6.07) is 6.85. The van der Waals surface area contributed by atoms with Crippen molar-refractivity contribution in [2.24, 2.45) is 11.7 Å². The van der Waals surface area contributed by atoms with Crippen LogP contribution >= 0.6 is 15.9 Å². The normalized spacial score (nSPS) is 22.7. The maximum atomic E-state index is 12.0. The zero-order chi connectivity index (χ0) is 21.0. The molecule has 160 valence electrons. The fourth-order valence-corrected chi connectivity index (χ4v) is 5.69. The molecular weight excluding hydrogens is 435 g/mol. The van der Waals surface area contributed by atoms with Crippen molar-refractivity contribution in [1.29, 1.82) is 0 Å². The first-order valence-electron chi connectivity index (χ1n) is 10.7. The summed E-state index contributed by atoms with van der Waals surface area (Å²) in [5, 5.41) is 27.8. The highest BCUT2D eigenvalue weighted by Gasteiger charge is 2.44. The Morgan fingerprint density at radius 2 is 1.97 bits per heavy atom. The molecule has 1 saturated heterocycles. The van der Waals surface area contributed by atoms with Crippen LogP contribution in [0.2, 0.25) is 6.32 Å². The van der Waals surface area contributed by atoms with E-state index in [4.69, 9.17) is 15.8 Å². The van der Waals surface area contributed by atoms with Gasteiger partial charge in [-0.2, -0.15) is 0 Å². The Hall–Kier alpha value is -0.925. The van der Waals surface area contributed by atoms with E-state index in [-0.39, 0.29) is 12.2 Å². The zero-order valence-corrected chi connectivity index (χ0v) is 18.5. The van der Waals surface area contributed by atoms with Crippen LogP contribution in [0.25, 0.3) is 0 Å². The Morgan fingerprint density at radius 1 is 1.24 bits per heavy atom. The average molecular weight is 467 g/mol. The van der Waals surface area contributed by atoms with Gasteiger partial charge in [-0.15, -0.1) is 0 Å². The Morgan fingerprint density at radius 3 is 2.62 bits per heavy atom. The number of fused-ring (bicyclic) bond motifs is 1. The van der Waals surface area contributed by atoms with Crippen molar-refractivity contribution in [1.82, 2.24) is 4.90 Å². The highest BCUT2D eigenvalue weighted by molar-refractivity contribution is 9.10. The molecule has 1 aliphatic heterocycles. The first-order chi connectivity index (χ1) is 13.8. The second kappa shape index (κ2) is 9.92. The molecule has 0 aromatic heterocycles. The van der Waals surface area contributed by atoms with Gasteiger partial charge in [-0.3, -0.25) is 9.69 Å². The lowest BCUT2D eigenvalue weighted by Gasteiger charge is -2.44. The second-order valence-corrected chi connectivity index (χ2v) is 9.45. The molecule has 1 fully saturated rings. The van der Waals surface area contributed by atoms with Gasteiger partial charge < -0.3 is 20.9 Å². The molecule has 6 nitrogen and oxygen atoms in total. The van der Waals surface area contributed by atoms with E-state index < -0.39 is 18.6 Å². The van der Waals surface area contributed by atoms with Crippen LogP contribution in [0.1, 0.15) is 62.1 Å². The number of hydrogen-bond donors (Lipinski definition) is 4. The third-order valence-electron chi connectivity index (χ3n) is 6.82. The number of nitrogens with two attached hydrogens (primary N) is 1. The number of unbranched alkanes of at least 4 members (excludes halogenated alkanes) is 1. The van der Waals surface area contributed by atoms with Crippen molar-refractivity contribution >= 4 is 29.0 Å². The molecule has 0 bridgehead atoms. The minimum atomic E-state index is -1.34. The predicted octanol–water partition coefficient (Wildman–Crippen LogP) is 2.96. The first kappa shape index (κ1) is 22.8. The van der Waals surface area contributed by atoms with Gasteiger partial charge in [0.15, 0.2) is 0 Å². The van der Waals surface area contributed by atoms with Crippen molar-refractivity contribution in [3.63, 3.8) is 0 Å². The second-order valence-electron chi connectivity index (χ2n) is 8.60. The summed E-state index contributed by atoms with van der Waals surface area (Å²) < 4.78 is 1.19. The molecule has 0 radical (unpaired) electrons. The van der Waals surface area contributed by atoms with Gasteiger partial charge in [0.2, 0.25) is 0 Å². The maximum Gasteiger partial charge on any atom is 0.451 e. The van der Waals surface area contributed by atoms with Crippen LogP contribution in [-0.2, 0) is 11.2 Å². The number of halogens is 1. The highest BCUT2D eigenvalue weighted by atomic mass is 79.9. The SMILES string of the molecule is NC(CCCCB(O)O)(C(=O)O)C1CCN(C2CCCc3c(Br)cccc32)CC1. The minimum Gasteiger partial charge on any atom is -0.480 e. The lowest BCUT2D eigenvalue weighted by atomic mass is 9.73. The van der Waals surface area contributed by atoms with Crippen LogP contribution in [0, 0.1) is 5.92 Å². The molecule has 1 heterocycles. The number of nitrogens with zero attached hydrogens (tertiary/aromatic N) is 1. The van der Waals surface area contributed by atoms with E-state index in [1.165, 1.54) is 22.0 Å². The molecule has 1 aromatic carbocycles. The van der Waals surface area contributed by atoms with Gasteiger partial charge in [-0.1, -0.05) is 40.9 Å². The number of carboxylic acid groups (broad SMARTS) is 1. The van der Waals surface area contributed by atoms with Crippen molar-refractivity contribution in [3.05, 3.63) is 33.8 Å². The summed E-state index contributed by atoms with van der Waals surface area (Å²) in [4.78, 5) is 14.5. The van der Waals surface area contributed by atoms with E-state index in [1.807, 2.05) is 0 Å². The summed E-state index contributed by atoms with van der Waals surface area (Å²) in [5.74, 6) is -0.992. The molecule has 0 saturated carbocycles. The van der Waals surface area contributed by atoms with Crippen LogP contribution in [0.4, 0.5) is 0 Å². The molecule has 0 spiro atoms. The van der Waals surface area contributed by atoms with Crippen molar-refractivity contribution in [2.45, 2.75) is 69.3 Å². The monoisotopic (exact) mass is 466 g/mol. The average Bonchev–Trinajstić information content (AvgIpc) is 2.71. The third kappa shape index (κ3) is 5.23. The van der Waals surface area contributed by atoms with E-state index in [9.17, 15) is 9.90 Å². The van der Waals surface area contributed by atoms with E-state index in [2.05, 4.69) is 39.0 Å². The van der Waals surface area contributed by atoms with Crippen LogP contribution < -0.4 is 5.73 Å². The number of carbonyl (C=O) groups is 1. The number of benzene rings is 1. The largest absolute Gasteiger partial charge is 0.480 e. The topological polar surface area (TPSA) is 107 Å². The Kier molecular flexibility index (Phi) is 7.78. The quantitative estimate of drug-likeness (QED) is 0.346. The molecule has 1 aliphatic carbocycles. The van der Waals surface area contributed by atoms with E-state index in [1.54, 1.807) is 0 Å².